The van der Waals surface area contributed by atoms with Gasteiger partial charge in [0.1, 0.15) is 0 Å². The Hall–Kier alpha value is -1.29. The Bertz CT molecular complexity index is 337. The summed E-state index contributed by atoms with van der Waals surface area (Å²) in [5.74, 6) is 0.00224. The van der Waals surface area contributed by atoms with Crippen LogP contribution in [0.15, 0.2) is 18.2 Å². The molecule has 0 aromatic heterocycles. The second-order valence-electron chi connectivity index (χ2n) is 3.56. The van der Waals surface area contributed by atoms with Gasteiger partial charge in [-0.05, 0) is 12.1 Å². The van der Waals surface area contributed by atoms with Crippen molar-refractivity contribution in [1.82, 2.24) is 5.32 Å². The molecule has 0 unspecified atom stereocenters. The lowest BCUT2D eigenvalue weighted by molar-refractivity contribution is 0.386. The van der Waals surface area contributed by atoms with E-state index < -0.39 is 0 Å². The van der Waals surface area contributed by atoms with E-state index in [0.29, 0.717) is 5.75 Å². The maximum atomic E-state index is 13.2. The van der Waals surface area contributed by atoms with Crippen molar-refractivity contribution in [3.05, 3.63) is 24.0 Å². The Kier molecular flexibility index (Phi) is 3.06. The van der Waals surface area contributed by atoms with Crippen LogP contribution in [-0.2, 0) is 0 Å². The highest BCUT2D eigenvalue weighted by Gasteiger charge is 2.12. The van der Waals surface area contributed by atoms with E-state index in [-0.39, 0.29) is 5.82 Å². The zero-order valence-electron chi connectivity index (χ0n) is 8.79. The molecule has 0 saturated carbocycles. The first-order valence-corrected chi connectivity index (χ1v) is 5.10. The van der Waals surface area contributed by atoms with Gasteiger partial charge in [0.05, 0.1) is 7.11 Å². The van der Waals surface area contributed by atoms with E-state index in [4.69, 9.17) is 4.74 Å². The minimum atomic E-state index is -0.309. The normalized spacial score (nSPS) is 16.5. The van der Waals surface area contributed by atoms with Crippen LogP contribution >= 0.6 is 0 Å². The van der Waals surface area contributed by atoms with E-state index >= 15 is 0 Å². The Balaban J connectivity index is 2.20. The molecule has 0 atom stereocenters. The lowest BCUT2D eigenvalue weighted by Gasteiger charge is -2.29. The molecular formula is C11H15FN2O. The first-order valence-electron chi connectivity index (χ1n) is 5.10. The van der Waals surface area contributed by atoms with E-state index in [2.05, 4.69) is 10.2 Å². The van der Waals surface area contributed by atoms with Crippen molar-refractivity contribution >= 4 is 5.69 Å². The van der Waals surface area contributed by atoms with Crippen LogP contribution in [0.25, 0.3) is 0 Å². The van der Waals surface area contributed by atoms with Crippen molar-refractivity contribution in [2.75, 3.05) is 38.2 Å². The smallest absolute Gasteiger partial charge is 0.165 e. The second kappa shape index (κ2) is 4.49. The van der Waals surface area contributed by atoms with Gasteiger partial charge >= 0.3 is 0 Å². The minimum Gasteiger partial charge on any atom is -0.494 e. The van der Waals surface area contributed by atoms with Gasteiger partial charge in [-0.3, -0.25) is 0 Å². The highest BCUT2D eigenvalue weighted by molar-refractivity contribution is 5.51. The molecule has 1 heterocycles. The molecule has 1 fully saturated rings. The summed E-state index contributed by atoms with van der Waals surface area (Å²) in [5.41, 5.74) is 1.02. The monoisotopic (exact) mass is 210 g/mol. The summed E-state index contributed by atoms with van der Waals surface area (Å²) in [6.45, 7) is 3.85. The van der Waals surface area contributed by atoms with Gasteiger partial charge in [-0.2, -0.15) is 0 Å². The van der Waals surface area contributed by atoms with Crippen molar-refractivity contribution < 1.29 is 9.13 Å². The molecule has 2 rings (SSSR count). The zero-order valence-corrected chi connectivity index (χ0v) is 8.79. The molecule has 1 aromatic rings. The second-order valence-corrected chi connectivity index (χ2v) is 3.56. The van der Waals surface area contributed by atoms with Crippen LogP contribution in [-0.4, -0.2) is 33.3 Å². The molecule has 1 aliphatic rings. The fraction of sp³-hybridized carbons (Fsp3) is 0.455. The third kappa shape index (κ3) is 2.21. The number of rotatable bonds is 2. The van der Waals surface area contributed by atoms with Crippen molar-refractivity contribution in [2.24, 2.45) is 0 Å². The number of anilines is 1. The highest BCUT2D eigenvalue weighted by atomic mass is 19.1. The van der Waals surface area contributed by atoms with Crippen LogP contribution < -0.4 is 15.0 Å². The summed E-state index contributed by atoms with van der Waals surface area (Å²) < 4.78 is 18.1. The van der Waals surface area contributed by atoms with Gasteiger partial charge in [0.2, 0.25) is 0 Å². The van der Waals surface area contributed by atoms with Gasteiger partial charge in [-0.25, -0.2) is 4.39 Å². The molecule has 0 bridgehead atoms. The molecular weight excluding hydrogens is 195 g/mol. The van der Waals surface area contributed by atoms with Crippen molar-refractivity contribution in [3.63, 3.8) is 0 Å². The Morgan fingerprint density at radius 1 is 1.33 bits per heavy atom. The maximum absolute atomic E-state index is 13.2. The fourth-order valence-corrected chi connectivity index (χ4v) is 1.77. The molecule has 1 N–H and O–H groups in total. The van der Waals surface area contributed by atoms with E-state index in [1.807, 2.05) is 0 Å². The maximum Gasteiger partial charge on any atom is 0.165 e. The summed E-state index contributed by atoms with van der Waals surface area (Å²) in [4.78, 5) is 2.22. The van der Waals surface area contributed by atoms with Crippen LogP contribution in [0.4, 0.5) is 10.1 Å². The first kappa shape index (κ1) is 10.2. The summed E-state index contributed by atoms with van der Waals surface area (Å²) in [5, 5.41) is 3.28. The van der Waals surface area contributed by atoms with Gasteiger partial charge in [-0.1, -0.05) is 0 Å². The Morgan fingerprint density at radius 2 is 2.07 bits per heavy atom. The van der Waals surface area contributed by atoms with Crippen LogP contribution in [0.1, 0.15) is 0 Å². The Labute approximate surface area is 88.8 Å². The third-order valence-corrected chi connectivity index (χ3v) is 2.62. The summed E-state index contributed by atoms with van der Waals surface area (Å²) in [6.07, 6.45) is 0. The molecule has 82 valence electrons. The molecule has 1 saturated heterocycles. The van der Waals surface area contributed by atoms with E-state index in [1.54, 1.807) is 12.1 Å². The number of methoxy groups -OCH3 is 1. The quantitative estimate of drug-likeness (QED) is 0.795. The van der Waals surface area contributed by atoms with Crippen molar-refractivity contribution in [2.45, 2.75) is 0 Å². The molecule has 0 amide bonds. The van der Waals surface area contributed by atoms with Gasteiger partial charge in [-0.15, -0.1) is 0 Å². The molecule has 0 spiro atoms. The molecule has 1 aromatic carbocycles. The summed E-state index contributed by atoms with van der Waals surface area (Å²) in [6, 6.07) is 5.00. The van der Waals surface area contributed by atoms with Gasteiger partial charge < -0.3 is 15.0 Å². The molecule has 15 heavy (non-hydrogen) atoms. The van der Waals surface area contributed by atoms with Gasteiger partial charge in [0, 0.05) is 37.9 Å². The van der Waals surface area contributed by atoms with E-state index in [0.717, 1.165) is 31.9 Å². The van der Waals surface area contributed by atoms with Crippen LogP contribution in [0.2, 0.25) is 0 Å². The molecule has 3 nitrogen and oxygen atoms in total. The fourth-order valence-electron chi connectivity index (χ4n) is 1.77. The number of hydrogen-bond donors (Lipinski definition) is 1. The van der Waals surface area contributed by atoms with Crippen LogP contribution in [0.5, 0.6) is 5.75 Å². The third-order valence-electron chi connectivity index (χ3n) is 2.62. The number of hydrogen-bond acceptors (Lipinski definition) is 3. The number of piperazine rings is 1. The number of nitrogens with zero attached hydrogens (tertiary/aromatic N) is 1. The number of nitrogens with one attached hydrogen (secondary N) is 1. The van der Waals surface area contributed by atoms with Gasteiger partial charge in [0.15, 0.2) is 11.6 Å². The molecule has 0 aliphatic carbocycles. The largest absolute Gasteiger partial charge is 0.494 e. The van der Waals surface area contributed by atoms with Crippen molar-refractivity contribution in [3.8, 4) is 5.75 Å². The molecule has 4 heteroatoms. The lowest BCUT2D eigenvalue weighted by atomic mass is 10.2. The van der Waals surface area contributed by atoms with Crippen LogP contribution in [0, 0.1) is 5.82 Å². The van der Waals surface area contributed by atoms with Gasteiger partial charge in [0.25, 0.3) is 0 Å². The molecule has 0 radical (unpaired) electrons. The SMILES string of the molecule is COc1cc(N2CCNCC2)ccc1F. The zero-order chi connectivity index (χ0) is 10.7. The summed E-state index contributed by atoms with van der Waals surface area (Å²) >= 11 is 0. The predicted molar refractivity (Wildman–Crippen MR) is 58.0 cm³/mol. The number of halogens is 1. The lowest BCUT2D eigenvalue weighted by Crippen LogP contribution is -2.43. The highest BCUT2D eigenvalue weighted by Crippen LogP contribution is 2.24. The standard InChI is InChI=1S/C11H15FN2O/c1-15-11-8-9(2-3-10(11)12)14-6-4-13-5-7-14/h2-3,8,13H,4-7H2,1H3. The average molecular weight is 210 g/mol. The topological polar surface area (TPSA) is 24.5 Å². The number of ether oxygens (including phenoxy) is 1. The molecule has 1 aliphatic heterocycles. The first-order chi connectivity index (χ1) is 7.31. The average Bonchev–Trinajstić information content (AvgIpc) is 2.31. The number of benzene rings is 1. The van der Waals surface area contributed by atoms with Crippen LogP contribution in [0.3, 0.4) is 0 Å². The van der Waals surface area contributed by atoms with E-state index in [9.17, 15) is 4.39 Å². The van der Waals surface area contributed by atoms with E-state index in [1.165, 1.54) is 13.2 Å². The van der Waals surface area contributed by atoms with Crippen molar-refractivity contribution in [1.29, 1.82) is 0 Å². The summed E-state index contributed by atoms with van der Waals surface area (Å²) in [7, 11) is 1.49. The Morgan fingerprint density at radius 3 is 2.73 bits per heavy atom. The predicted octanol–water partition coefficient (Wildman–Crippen LogP) is 1.24. The minimum absolute atomic E-state index is 0.309.